The first-order valence-corrected chi connectivity index (χ1v) is 5.48. The van der Waals surface area contributed by atoms with Crippen molar-refractivity contribution in [3.8, 4) is 0 Å². The third-order valence-electron chi connectivity index (χ3n) is 1.92. The van der Waals surface area contributed by atoms with Crippen LogP contribution in [-0.2, 0) is 4.79 Å². The summed E-state index contributed by atoms with van der Waals surface area (Å²) in [5, 5.41) is 19.1. The Morgan fingerprint density at radius 2 is 2.25 bits per heavy atom. The Morgan fingerprint density at radius 1 is 1.56 bits per heavy atom. The van der Waals surface area contributed by atoms with Gasteiger partial charge >= 0.3 is 5.97 Å². The molecule has 88 valence electrons. The van der Waals surface area contributed by atoms with E-state index in [0.717, 1.165) is 6.42 Å². The quantitative estimate of drug-likeness (QED) is 0.854. The van der Waals surface area contributed by atoms with Crippen molar-refractivity contribution in [3.05, 3.63) is 16.4 Å². The zero-order chi connectivity index (χ0) is 12.1. The van der Waals surface area contributed by atoms with Gasteiger partial charge in [-0.3, -0.25) is 0 Å². The van der Waals surface area contributed by atoms with E-state index < -0.39 is 12.0 Å². The molecule has 5 nitrogen and oxygen atoms in total. The molecule has 16 heavy (non-hydrogen) atoms. The molecule has 0 aliphatic carbocycles. The molecule has 1 atom stereocenters. The van der Waals surface area contributed by atoms with Crippen LogP contribution in [0.5, 0.6) is 0 Å². The third kappa shape index (κ3) is 3.50. The van der Waals surface area contributed by atoms with Gasteiger partial charge in [-0.2, -0.15) is 0 Å². The number of carboxylic acids is 1. The monoisotopic (exact) mass is 263 g/mol. The Hall–Kier alpha value is -1.07. The maximum absolute atomic E-state index is 10.9. The first kappa shape index (κ1) is 13.0. The summed E-state index contributed by atoms with van der Waals surface area (Å²) in [6.07, 6.45) is 1.24. The number of carbonyl (C=O) groups is 1. The second kappa shape index (κ2) is 5.86. The molecule has 0 aromatic carbocycles. The lowest BCUT2D eigenvalue weighted by Gasteiger charge is -2.15. The summed E-state index contributed by atoms with van der Waals surface area (Å²) in [5.74, 6) is -0.939. The van der Waals surface area contributed by atoms with Crippen molar-refractivity contribution in [2.45, 2.75) is 25.8 Å². The molecule has 0 radical (unpaired) electrons. The number of hydrogen-bond donors (Lipinski definition) is 2. The fourth-order valence-electron chi connectivity index (χ4n) is 1.19. The molecular formula is C9H11Cl2N3O2. The molecule has 1 heterocycles. The van der Waals surface area contributed by atoms with Crippen LogP contribution in [0.15, 0.2) is 6.07 Å². The van der Waals surface area contributed by atoms with E-state index >= 15 is 0 Å². The van der Waals surface area contributed by atoms with Gasteiger partial charge in [-0.1, -0.05) is 36.5 Å². The summed E-state index contributed by atoms with van der Waals surface area (Å²) < 4.78 is 0. The lowest BCUT2D eigenvalue weighted by Crippen LogP contribution is -2.29. The van der Waals surface area contributed by atoms with Crippen LogP contribution in [0.1, 0.15) is 19.8 Å². The van der Waals surface area contributed by atoms with Gasteiger partial charge in [0.25, 0.3) is 0 Å². The minimum absolute atomic E-state index is 0.103. The first-order valence-electron chi connectivity index (χ1n) is 4.72. The van der Waals surface area contributed by atoms with Gasteiger partial charge < -0.3 is 10.4 Å². The average Bonchev–Trinajstić information content (AvgIpc) is 2.22. The molecule has 0 saturated heterocycles. The topological polar surface area (TPSA) is 75.1 Å². The number of nitrogens with zero attached hydrogens (tertiary/aromatic N) is 2. The number of halogens is 2. The van der Waals surface area contributed by atoms with Crippen molar-refractivity contribution < 1.29 is 9.90 Å². The Morgan fingerprint density at radius 3 is 2.81 bits per heavy atom. The predicted molar refractivity (Wildman–Crippen MR) is 62.0 cm³/mol. The van der Waals surface area contributed by atoms with Crippen LogP contribution in [0.3, 0.4) is 0 Å². The number of hydrogen-bond acceptors (Lipinski definition) is 4. The van der Waals surface area contributed by atoms with Crippen molar-refractivity contribution in [3.63, 3.8) is 0 Å². The third-order valence-corrected chi connectivity index (χ3v) is 2.39. The number of aromatic nitrogens is 2. The number of aliphatic carboxylic acids is 1. The zero-order valence-corrected chi connectivity index (χ0v) is 10.1. The fraction of sp³-hybridized carbons (Fsp3) is 0.444. The lowest BCUT2D eigenvalue weighted by molar-refractivity contribution is -0.138. The van der Waals surface area contributed by atoms with Crippen LogP contribution in [0, 0.1) is 0 Å². The lowest BCUT2D eigenvalue weighted by atomic mass is 10.1. The second-order valence-electron chi connectivity index (χ2n) is 3.20. The average molecular weight is 264 g/mol. The minimum Gasteiger partial charge on any atom is -0.480 e. The van der Waals surface area contributed by atoms with E-state index in [2.05, 4.69) is 15.5 Å². The summed E-state index contributed by atoms with van der Waals surface area (Å²) in [4.78, 5) is 10.9. The molecule has 0 aliphatic rings. The Balaban J connectivity index is 2.84. The van der Waals surface area contributed by atoms with Crippen LogP contribution in [0.4, 0.5) is 5.69 Å². The molecule has 1 unspecified atom stereocenters. The smallest absolute Gasteiger partial charge is 0.326 e. The normalized spacial score (nSPS) is 12.2. The molecule has 0 spiro atoms. The van der Waals surface area contributed by atoms with E-state index in [9.17, 15) is 4.79 Å². The standard InChI is InChI=1S/C9H11Cl2N3O2/c1-2-3-5(9(15)16)12-6-4-7(10)13-14-8(6)11/h4-5H,2-3H2,1H3,(H,12,13)(H,15,16). The molecular weight excluding hydrogens is 253 g/mol. The van der Waals surface area contributed by atoms with Gasteiger partial charge in [0.15, 0.2) is 10.3 Å². The van der Waals surface area contributed by atoms with Gasteiger partial charge in [0, 0.05) is 6.07 Å². The number of anilines is 1. The summed E-state index contributed by atoms with van der Waals surface area (Å²) in [5.41, 5.74) is 0.377. The zero-order valence-electron chi connectivity index (χ0n) is 8.57. The van der Waals surface area contributed by atoms with Gasteiger partial charge in [-0.05, 0) is 6.42 Å². The maximum atomic E-state index is 10.9. The van der Waals surface area contributed by atoms with Gasteiger partial charge in [0.1, 0.15) is 6.04 Å². The van der Waals surface area contributed by atoms with E-state index in [4.69, 9.17) is 28.3 Å². The predicted octanol–water partition coefficient (Wildman–Crippen LogP) is 2.45. The molecule has 2 N–H and O–H groups in total. The van der Waals surface area contributed by atoms with E-state index in [-0.39, 0.29) is 10.3 Å². The highest BCUT2D eigenvalue weighted by atomic mass is 35.5. The van der Waals surface area contributed by atoms with E-state index in [1.807, 2.05) is 6.92 Å². The molecule has 1 aromatic heterocycles. The summed E-state index contributed by atoms with van der Waals surface area (Å²) in [6, 6.07) is 0.741. The summed E-state index contributed by atoms with van der Waals surface area (Å²) >= 11 is 11.4. The maximum Gasteiger partial charge on any atom is 0.326 e. The van der Waals surface area contributed by atoms with Gasteiger partial charge in [-0.25, -0.2) is 4.79 Å². The Kier molecular flexibility index (Phi) is 4.76. The SMILES string of the molecule is CCCC(Nc1cc(Cl)nnc1Cl)C(=O)O. The highest BCUT2D eigenvalue weighted by Crippen LogP contribution is 2.22. The molecule has 1 rings (SSSR count). The molecule has 0 aliphatic heterocycles. The van der Waals surface area contributed by atoms with Gasteiger partial charge in [0.2, 0.25) is 0 Å². The number of rotatable bonds is 5. The number of nitrogens with one attached hydrogen (secondary N) is 1. The largest absolute Gasteiger partial charge is 0.480 e. The summed E-state index contributed by atoms with van der Waals surface area (Å²) in [6.45, 7) is 1.90. The van der Waals surface area contributed by atoms with Crippen molar-refractivity contribution in [1.29, 1.82) is 0 Å². The highest BCUT2D eigenvalue weighted by Gasteiger charge is 2.17. The molecule has 0 fully saturated rings. The van der Waals surface area contributed by atoms with Crippen LogP contribution in [-0.4, -0.2) is 27.3 Å². The molecule has 0 saturated carbocycles. The summed E-state index contributed by atoms with van der Waals surface area (Å²) in [7, 11) is 0. The van der Waals surface area contributed by atoms with Crippen molar-refractivity contribution in [2.24, 2.45) is 0 Å². The van der Waals surface area contributed by atoms with Crippen LogP contribution in [0.25, 0.3) is 0 Å². The van der Waals surface area contributed by atoms with E-state index in [1.54, 1.807) is 0 Å². The fourth-order valence-corrected chi connectivity index (χ4v) is 1.48. The van der Waals surface area contributed by atoms with Gasteiger partial charge in [-0.15, -0.1) is 10.2 Å². The van der Waals surface area contributed by atoms with Gasteiger partial charge in [0.05, 0.1) is 5.69 Å². The molecule has 1 aromatic rings. The second-order valence-corrected chi connectivity index (χ2v) is 3.94. The van der Waals surface area contributed by atoms with Crippen LogP contribution < -0.4 is 5.32 Å². The van der Waals surface area contributed by atoms with Crippen molar-refractivity contribution in [2.75, 3.05) is 5.32 Å². The van der Waals surface area contributed by atoms with Crippen molar-refractivity contribution in [1.82, 2.24) is 10.2 Å². The molecule has 0 bridgehead atoms. The van der Waals surface area contributed by atoms with Crippen LogP contribution in [0.2, 0.25) is 10.3 Å². The molecule has 0 amide bonds. The molecule has 7 heteroatoms. The highest BCUT2D eigenvalue weighted by molar-refractivity contribution is 6.33. The van der Waals surface area contributed by atoms with Crippen LogP contribution >= 0.6 is 23.2 Å². The van der Waals surface area contributed by atoms with Crippen molar-refractivity contribution >= 4 is 34.9 Å². The Labute approximate surface area is 103 Å². The van der Waals surface area contributed by atoms with E-state index in [1.165, 1.54) is 6.07 Å². The Bertz CT molecular complexity index is 387. The number of carboxylic acid groups (broad SMARTS) is 1. The minimum atomic E-state index is -0.939. The first-order chi connectivity index (χ1) is 7.54. The van der Waals surface area contributed by atoms with E-state index in [0.29, 0.717) is 12.1 Å².